The third-order valence-electron chi connectivity index (χ3n) is 16.9. The average Bonchev–Trinajstić information content (AvgIpc) is 3.54. The summed E-state index contributed by atoms with van der Waals surface area (Å²) >= 11 is 0. The first kappa shape index (κ1) is 41.2. The number of amides is 1. The van der Waals surface area contributed by atoms with Gasteiger partial charge < -0.3 is 20.4 Å². The van der Waals surface area contributed by atoms with Gasteiger partial charge in [-0.25, -0.2) is 0 Å². The van der Waals surface area contributed by atoms with Crippen molar-refractivity contribution < 1.29 is 24.2 Å². The summed E-state index contributed by atoms with van der Waals surface area (Å²) < 4.78 is 9.50. The minimum atomic E-state index is -0.646. The Kier molecular flexibility index (Phi) is 12.7. The Morgan fingerprint density at radius 1 is 0.942 bits per heavy atom. The molecule has 52 heavy (non-hydrogen) atoms. The molecule has 7 rings (SSSR count). The largest absolute Gasteiger partial charge is 0.481 e. The number of allylic oxidation sites excluding steroid dienone is 5. The summed E-state index contributed by atoms with van der Waals surface area (Å²) in [6, 6.07) is 0. The smallest absolute Gasteiger partial charge is 0.306 e. The summed E-state index contributed by atoms with van der Waals surface area (Å²) in [7, 11) is 0.500. The molecule has 5 fully saturated rings. The van der Waals surface area contributed by atoms with Crippen LogP contribution in [0.5, 0.6) is 0 Å². The lowest BCUT2D eigenvalue weighted by Crippen LogP contribution is -2.67. The molecule has 9 unspecified atom stereocenters. The van der Waals surface area contributed by atoms with Gasteiger partial charge in [0.05, 0.1) is 18.7 Å². The van der Waals surface area contributed by atoms with Crippen molar-refractivity contribution in [3.8, 4) is 0 Å². The molecule has 10 atom stereocenters. The summed E-state index contributed by atoms with van der Waals surface area (Å²) in [5.74, 6) is 2.82. The van der Waals surface area contributed by atoms with Gasteiger partial charge in [-0.15, -0.1) is 6.58 Å². The quantitative estimate of drug-likeness (QED) is 0.238. The Hall–Kier alpha value is -1.99. The molecule has 0 aromatic carbocycles. The van der Waals surface area contributed by atoms with E-state index in [1.165, 1.54) is 69.8 Å². The van der Waals surface area contributed by atoms with Crippen molar-refractivity contribution in [2.24, 2.45) is 51.8 Å². The predicted molar refractivity (Wildman–Crippen MR) is 209 cm³/mol. The van der Waals surface area contributed by atoms with E-state index in [9.17, 15) is 24.2 Å². The molecule has 1 aliphatic heterocycles. The maximum atomic E-state index is 11.8. The van der Waals surface area contributed by atoms with Crippen LogP contribution in [0.25, 0.3) is 0 Å². The Morgan fingerprint density at radius 3 is 2.25 bits per heavy atom. The van der Waals surface area contributed by atoms with Crippen LogP contribution in [0.4, 0.5) is 4.39 Å². The highest BCUT2D eigenvalue weighted by molar-refractivity contribution is 5.73. The molecule has 0 aromatic rings. The number of aliphatic hydroxyl groups is 1. The molecule has 0 radical (unpaired) electrons. The van der Waals surface area contributed by atoms with Crippen LogP contribution in [0.1, 0.15) is 144 Å². The lowest BCUT2D eigenvalue weighted by Gasteiger charge is -2.71. The van der Waals surface area contributed by atoms with Crippen molar-refractivity contribution in [3.05, 3.63) is 36.0 Å². The highest BCUT2D eigenvalue weighted by Crippen LogP contribution is 2.75. The van der Waals surface area contributed by atoms with Gasteiger partial charge in [0.2, 0.25) is 5.91 Å². The third kappa shape index (κ3) is 7.13. The number of carbonyl (C=O) groups is 2. The molecule has 1 heterocycles. The molecular weight excluding hydrogens is 652 g/mol. The van der Waals surface area contributed by atoms with Crippen molar-refractivity contribution in [3.63, 3.8) is 0 Å². The average molecular weight is 725 g/mol. The number of carboxylic acids is 1. The number of alkyl halides is 1. The summed E-state index contributed by atoms with van der Waals surface area (Å²) in [5.41, 5.74) is 3.65. The highest BCUT2D eigenvalue weighted by atomic mass is 19.1. The molecule has 1 amide bonds. The number of aliphatic carboxylic acids is 1. The first-order chi connectivity index (χ1) is 24.7. The minimum absolute atomic E-state index is 0.127. The van der Waals surface area contributed by atoms with Gasteiger partial charge >= 0.3 is 5.97 Å². The SMILES string of the molecule is C=CC.CC(=O)N1CCC(O)(CCNC23CCCC2C2CCC4C5(C)CC=C(C6=CCC(C(=O)O)CC6)C(C)C5CCC4(C)[C@]2(C)CC3)CC1.CF. The third-order valence-corrected chi connectivity index (χ3v) is 16.9. The fraction of sp³-hybridized carbons (Fsp3) is 0.822. The molecule has 7 heteroatoms. The van der Waals surface area contributed by atoms with Crippen molar-refractivity contribution >= 4 is 11.9 Å². The van der Waals surface area contributed by atoms with E-state index < -0.39 is 11.6 Å². The van der Waals surface area contributed by atoms with Crippen LogP contribution in [0.3, 0.4) is 0 Å². The monoisotopic (exact) mass is 725 g/mol. The molecule has 7 aliphatic rings. The van der Waals surface area contributed by atoms with E-state index in [1.807, 2.05) is 11.8 Å². The number of carboxylic acid groups (broad SMARTS) is 1. The van der Waals surface area contributed by atoms with Gasteiger partial charge in [0.15, 0.2) is 0 Å². The number of hydrogen-bond donors (Lipinski definition) is 3. The molecule has 0 aromatic heterocycles. The molecule has 0 bridgehead atoms. The van der Waals surface area contributed by atoms with E-state index in [1.54, 1.807) is 18.6 Å². The lowest BCUT2D eigenvalue weighted by atomic mass is 9.34. The number of nitrogens with one attached hydrogen (secondary N) is 1. The zero-order valence-electron chi connectivity index (χ0n) is 33.9. The zero-order valence-corrected chi connectivity index (χ0v) is 33.9. The van der Waals surface area contributed by atoms with Gasteiger partial charge in [-0.2, -0.15) is 0 Å². The fourth-order valence-corrected chi connectivity index (χ4v) is 13.9. The topological polar surface area (TPSA) is 89.9 Å². The number of halogens is 1. The fourth-order valence-electron chi connectivity index (χ4n) is 13.9. The maximum absolute atomic E-state index is 11.8. The van der Waals surface area contributed by atoms with Gasteiger partial charge in [-0.1, -0.05) is 52.3 Å². The first-order valence-corrected chi connectivity index (χ1v) is 21.0. The van der Waals surface area contributed by atoms with E-state index in [0.29, 0.717) is 67.6 Å². The molecule has 6 nitrogen and oxygen atoms in total. The molecular formula is C45H73FN2O4. The molecule has 3 N–H and O–H groups in total. The van der Waals surface area contributed by atoms with E-state index in [4.69, 9.17) is 0 Å². The standard InChI is InChI=1S/C41H64N2O4.C3H6.CH3F/c1-27-31(29-8-10-30(11-9-29)36(45)46)14-17-37(3)32(27)15-18-39(5)35(37)13-12-33-34-7-6-16-41(34,20-19-38(33,39)4)42-24-21-40(47)22-25-43(26-23-40)28(2)44;1-3-2;1-2/h8,14,27,30,32-35,42,47H,6-7,9-13,15-26H2,1-5H3,(H,45,46);3H,1H2,2H3;1H3/t27?,30?,32?,33?,34?,35?,37?,38-,39?,41?;;/m1../s1. The second-order valence-corrected chi connectivity index (χ2v) is 18.9. The molecule has 1 saturated heterocycles. The van der Waals surface area contributed by atoms with Gasteiger partial charge in [-0.3, -0.25) is 14.0 Å². The second-order valence-electron chi connectivity index (χ2n) is 18.9. The van der Waals surface area contributed by atoms with E-state index in [2.05, 4.69) is 51.7 Å². The Balaban J connectivity index is 0.000000995. The van der Waals surface area contributed by atoms with Crippen molar-refractivity contribution in [2.75, 3.05) is 26.8 Å². The van der Waals surface area contributed by atoms with Crippen molar-refractivity contribution in [1.29, 1.82) is 0 Å². The van der Waals surface area contributed by atoms with Crippen LogP contribution in [0, 0.1) is 51.8 Å². The number of rotatable bonds is 6. The summed E-state index contributed by atoms with van der Waals surface area (Å²) in [6.07, 6.45) is 24.4. The zero-order chi connectivity index (χ0) is 38.1. The number of fused-ring (bicyclic) bond motifs is 7. The summed E-state index contributed by atoms with van der Waals surface area (Å²) in [5, 5.41) is 25.1. The molecule has 4 saturated carbocycles. The Bertz CT molecular complexity index is 1370. The van der Waals surface area contributed by atoms with Crippen molar-refractivity contribution in [1.82, 2.24) is 10.2 Å². The van der Waals surface area contributed by atoms with Crippen LogP contribution in [-0.2, 0) is 9.59 Å². The molecule has 6 aliphatic carbocycles. The van der Waals surface area contributed by atoms with E-state index in [0.717, 1.165) is 43.6 Å². The Labute approximate surface area is 315 Å². The van der Waals surface area contributed by atoms with Crippen molar-refractivity contribution in [2.45, 2.75) is 155 Å². The maximum Gasteiger partial charge on any atom is 0.306 e. The van der Waals surface area contributed by atoms with Gasteiger partial charge in [0.1, 0.15) is 0 Å². The molecule has 0 spiro atoms. The van der Waals surface area contributed by atoms with Crippen LogP contribution in [-0.4, -0.2) is 64.9 Å². The van der Waals surface area contributed by atoms with Crippen LogP contribution < -0.4 is 5.32 Å². The van der Waals surface area contributed by atoms with Gasteiger partial charge in [0, 0.05) is 25.6 Å². The minimum Gasteiger partial charge on any atom is -0.481 e. The number of nitrogens with zero attached hydrogens (tertiary/aromatic N) is 1. The van der Waals surface area contributed by atoms with E-state index >= 15 is 0 Å². The lowest BCUT2D eigenvalue weighted by molar-refractivity contribution is -0.212. The van der Waals surface area contributed by atoms with Crippen LogP contribution in [0.15, 0.2) is 36.0 Å². The van der Waals surface area contributed by atoms with Crippen LogP contribution in [0.2, 0.25) is 0 Å². The normalized spacial score (nSPS) is 41.8. The predicted octanol–water partition coefficient (Wildman–Crippen LogP) is 9.68. The van der Waals surface area contributed by atoms with E-state index in [-0.39, 0.29) is 17.4 Å². The van der Waals surface area contributed by atoms with Crippen LogP contribution >= 0.6 is 0 Å². The number of carbonyl (C=O) groups excluding carboxylic acids is 1. The Morgan fingerprint density at radius 2 is 1.63 bits per heavy atom. The summed E-state index contributed by atoms with van der Waals surface area (Å²) in [6.45, 7) is 19.7. The van der Waals surface area contributed by atoms with Gasteiger partial charge in [0.25, 0.3) is 0 Å². The molecule has 294 valence electrons. The number of likely N-dealkylation sites (tertiary alicyclic amines) is 1. The first-order valence-electron chi connectivity index (χ1n) is 21.0. The van der Waals surface area contributed by atoms with Gasteiger partial charge in [-0.05, 0) is 167 Å². The highest BCUT2D eigenvalue weighted by Gasteiger charge is 2.68. The number of hydrogen-bond acceptors (Lipinski definition) is 4. The second kappa shape index (κ2) is 16.0. The summed E-state index contributed by atoms with van der Waals surface area (Å²) in [4.78, 5) is 25.3. The number of piperidine rings is 1.